The zero-order valence-electron chi connectivity index (χ0n) is 15.3. The molecule has 0 aromatic rings. The van der Waals surface area contributed by atoms with Gasteiger partial charge in [-0.2, -0.15) is 13.2 Å². The summed E-state index contributed by atoms with van der Waals surface area (Å²) in [5.41, 5.74) is -0.645. The molecule has 1 fully saturated rings. The van der Waals surface area contributed by atoms with Crippen molar-refractivity contribution in [2.24, 2.45) is 0 Å². The van der Waals surface area contributed by atoms with Crippen LogP contribution in [0.1, 0.15) is 33.2 Å². The van der Waals surface area contributed by atoms with Gasteiger partial charge in [0.05, 0.1) is 4.11 Å². The van der Waals surface area contributed by atoms with Crippen molar-refractivity contribution in [3.05, 3.63) is 0 Å². The molecule has 3 unspecified atom stereocenters. The first-order chi connectivity index (χ1) is 10.1. The first-order valence-corrected chi connectivity index (χ1v) is 5.78. The minimum absolute atomic E-state index is 0.174. The van der Waals surface area contributed by atoms with Crippen LogP contribution in [0.5, 0.6) is 0 Å². The van der Waals surface area contributed by atoms with Crippen LogP contribution in [0.25, 0.3) is 0 Å². The number of nitrogens with zero attached hydrogens (tertiary/aromatic N) is 2. The van der Waals surface area contributed by atoms with Gasteiger partial charge < -0.3 is 9.64 Å². The minimum Gasteiger partial charge on any atom is -0.437 e. The van der Waals surface area contributed by atoms with E-state index in [0.717, 1.165) is 0 Å². The molecule has 1 aliphatic heterocycles. The normalized spacial score (nSPS) is 33.7. The van der Waals surface area contributed by atoms with Gasteiger partial charge in [-0.05, 0) is 27.7 Å². The summed E-state index contributed by atoms with van der Waals surface area (Å²) >= 11 is 0. The van der Waals surface area contributed by atoms with Crippen LogP contribution in [0, 0.1) is 0 Å². The molecule has 19 heavy (non-hydrogen) atoms. The molecule has 0 bridgehead atoms. The Morgan fingerprint density at radius 1 is 1.32 bits per heavy atom. The highest BCUT2D eigenvalue weighted by atomic mass is 19.4. The van der Waals surface area contributed by atoms with Crippen molar-refractivity contribution in [2.45, 2.75) is 45.5 Å². The van der Waals surface area contributed by atoms with Gasteiger partial charge in [0.15, 0.2) is 6.10 Å². The number of hydrogen-bond donors (Lipinski definition) is 0. The van der Waals surface area contributed by atoms with Crippen LogP contribution >= 0.6 is 0 Å². The SMILES string of the molecule is [2H]C1CN(C(C)(C)C)C([2H])C([2H])([2H])N1C(=O)OC(C)C(F)(F)F. The highest BCUT2D eigenvalue weighted by molar-refractivity contribution is 5.68. The van der Waals surface area contributed by atoms with Crippen LogP contribution < -0.4 is 0 Å². The standard InChI is InChI=1S/C12H21F3N2O2/c1-9(12(13,14)15)19-10(18)16-5-7-17(8-6-16)11(2,3)4/h9H,5-8H2,1-4H3/i5D,6D2,8D. The Kier molecular flexibility index (Phi) is 3.15. The van der Waals surface area contributed by atoms with Gasteiger partial charge >= 0.3 is 12.3 Å². The largest absolute Gasteiger partial charge is 0.437 e. The molecule has 4 nitrogen and oxygen atoms in total. The number of carbonyl (C=O) groups is 1. The highest BCUT2D eigenvalue weighted by Gasteiger charge is 2.40. The van der Waals surface area contributed by atoms with Gasteiger partial charge in [-0.15, -0.1) is 0 Å². The van der Waals surface area contributed by atoms with E-state index in [1.165, 1.54) is 4.90 Å². The summed E-state index contributed by atoms with van der Waals surface area (Å²) in [5, 5.41) is 0. The Bertz CT molecular complexity index is 457. The highest BCUT2D eigenvalue weighted by Crippen LogP contribution is 2.23. The third-order valence-corrected chi connectivity index (χ3v) is 2.61. The number of alkyl halides is 3. The van der Waals surface area contributed by atoms with E-state index in [0.29, 0.717) is 6.92 Å². The number of amides is 1. The lowest BCUT2D eigenvalue weighted by molar-refractivity contribution is -0.200. The maximum atomic E-state index is 12.5. The summed E-state index contributed by atoms with van der Waals surface area (Å²) in [4.78, 5) is 13.6. The molecule has 0 aromatic carbocycles. The number of carbonyl (C=O) groups excluding carboxylic acids is 1. The van der Waals surface area contributed by atoms with Gasteiger partial charge in [-0.25, -0.2) is 4.79 Å². The summed E-state index contributed by atoms with van der Waals surface area (Å²) in [6.07, 6.45) is -8.80. The molecular formula is C12H21F3N2O2. The molecular weight excluding hydrogens is 261 g/mol. The van der Waals surface area contributed by atoms with Crippen molar-refractivity contribution in [3.63, 3.8) is 0 Å². The second-order valence-electron chi connectivity index (χ2n) is 5.20. The zero-order valence-corrected chi connectivity index (χ0v) is 11.3. The molecule has 0 saturated carbocycles. The van der Waals surface area contributed by atoms with E-state index in [1.54, 1.807) is 20.8 Å². The van der Waals surface area contributed by atoms with Crippen LogP contribution in [0.15, 0.2) is 0 Å². The molecule has 112 valence electrons. The molecule has 0 aromatic heterocycles. The van der Waals surface area contributed by atoms with E-state index < -0.39 is 43.5 Å². The van der Waals surface area contributed by atoms with Crippen molar-refractivity contribution in [2.75, 3.05) is 26.1 Å². The van der Waals surface area contributed by atoms with Crippen LogP contribution in [0.3, 0.4) is 0 Å². The fourth-order valence-corrected chi connectivity index (χ4v) is 1.28. The van der Waals surface area contributed by atoms with Crippen molar-refractivity contribution in [3.8, 4) is 0 Å². The molecule has 1 rings (SSSR count). The lowest BCUT2D eigenvalue weighted by Crippen LogP contribution is -2.55. The predicted octanol–water partition coefficient (Wildman–Crippen LogP) is 2.49. The fraction of sp³-hybridized carbons (Fsp3) is 0.917. The van der Waals surface area contributed by atoms with Crippen molar-refractivity contribution < 1.29 is 28.2 Å². The number of hydrogen-bond acceptors (Lipinski definition) is 3. The molecule has 7 heteroatoms. The number of piperazine rings is 1. The Morgan fingerprint density at radius 2 is 1.89 bits per heavy atom. The smallest absolute Gasteiger partial charge is 0.425 e. The maximum absolute atomic E-state index is 12.5. The molecule has 1 heterocycles. The fourth-order valence-electron chi connectivity index (χ4n) is 1.28. The lowest BCUT2D eigenvalue weighted by Gasteiger charge is -2.42. The van der Waals surface area contributed by atoms with Crippen molar-refractivity contribution in [1.29, 1.82) is 0 Å². The topological polar surface area (TPSA) is 32.8 Å². The van der Waals surface area contributed by atoms with Crippen LogP contribution in [-0.4, -0.2) is 59.8 Å². The van der Waals surface area contributed by atoms with Crippen LogP contribution in [-0.2, 0) is 4.74 Å². The molecule has 1 saturated heterocycles. The molecule has 3 atom stereocenters. The molecule has 0 aliphatic carbocycles. The predicted molar refractivity (Wildman–Crippen MR) is 64.9 cm³/mol. The van der Waals surface area contributed by atoms with E-state index in [1.807, 2.05) is 0 Å². The lowest BCUT2D eigenvalue weighted by atomic mass is 10.1. The molecule has 0 spiro atoms. The van der Waals surface area contributed by atoms with Gasteiger partial charge in [0, 0.05) is 33.0 Å². The van der Waals surface area contributed by atoms with Crippen LogP contribution in [0.4, 0.5) is 18.0 Å². The second kappa shape index (κ2) is 5.56. The first kappa shape index (κ1) is 10.8. The van der Waals surface area contributed by atoms with Gasteiger partial charge in [-0.1, -0.05) is 0 Å². The van der Waals surface area contributed by atoms with E-state index in [9.17, 15) is 18.0 Å². The Labute approximate surface area is 117 Å². The maximum Gasteiger partial charge on any atom is 0.425 e. The summed E-state index contributed by atoms with van der Waals surface area (Å²) in [5.74, 6) is 0. The summed E-state index contributed by atoms with van der Waals surface area (Å²) in [6.45, 7) is -0.106. The van der Waals surface area contributed by atoms with Gasteiger partial charge in [-0.3, -0.25) is 4.90 Å². The summed E-state index contributed by atoms with van der Waals surface area (Å²) < 4.78 is 73.4. The van der Waals surface area contributed by atoms with Gasteiger partial charge in [0.2, 0.25) is 0 Å². The van der Waals surface area contributed by atoms with Crippen molar-refractivity contribution in [1.82, 2.24) is 9.80 Å². The molecule has 1 amide bonds. The zero-order chi connectivity index (χ0) is 18.4. The Balaban J connectivity index is 3.02. The van der Waals surface area contributed by atoms with Crippen LogP contribution in [0.2, 0.25) is 0 Å². The third kappa shape index (κ3) is 4.56. The number of halogens is 3. The summed E-state index contributed by atoms with van der Waals surface area (Å²) in [6, 6.07) is 0. The molecule has 1 aliphatic rings. The minimum atomic E-state index is -4.78. The number of rotatable bonds is 1. The Morgan fingerprint density at radius 3 is 2.37 bits per heavy atom. The first-order valence-electron chi connectivity index (χ1n) is 7.93. The Hall–Kier alpha value is -0.980. The van der Waals surface area contributed by atoms with Gasteiger partial charge in [0.25, 0.3) is 0 Å². The van der Waals surface area contributed by atoms with Gasteiger partial charge in [0.1, 0.15) is 0 Å². The second-order valence-corrected chi connectivity index (χ2v) is 5.20. The van der Waals surface area contributed by atoms with E-state index >= 15 is 0 Å². The monoisotopic (exact) mass is 286 g/mol. The number of ether oxygens (including phenoxy) is 1. The van der Waals surface area contributed by atoms with E-state index in [4.69, 9.17) is 5.48 Å². The average molecular weight is 286 g/mol. The summed E-state index contributed by atoms with van der Waals surface area (Å²) in [7, 11) is 0. The molecule has 0 radical (unpaired) electrons. The van der Waals surface area contributed by atoms with E-state index in [2.05, 4.69) is 4.74 Å². The average Bonchev–Trinajstić information content (AvgIpc) is 2.30. The molecule has 0 N–H and O–H groups in total. The van der Waals surface area contributed by atoms with Crippen molar-refractivity contribution >= 4 is 6.09 Å². The third-order valence-electron chi connectivity index (χ3n) is 2.61. The van der Waals surface area contributed by atoms with E-state index in [-0.39, 0.29) is 11.4 Å². The quantitative estimate of drug-likeness (QED) is 0.742.